The molecule has 26 heavy (non-hydrogen) atoms. The minimum absolute atomic E-state index is 0.225. The maximum Gasteiger partial charge on any atom is 0.194 e. The molecule has 0 fully saturated rings. The first kappa shape index (κ1) is 19.5. The minimum Gasteiger partial charge on any atom is -0.496 e. The molecule has 0 spiro atoms. The van der Waals surface area contributed by atoms with Gasteiger partial charge in [-0.2, -0.15) is 0 Å². The van der Waals surface area contributed by atoms with E-state index in [1.165, 1.54) is 6.20 Å². The van der Waals surface area contributed by atoms with Crippen LogP contribution in [-0.4, -0.2) is 24.9 Å². The fourth-order valence-electron chi connectivity index (χ4n) is 2.52. The molecule has 1 unspecified atom stereocenters. The summed E-state index contributed by atoms with van der Waals surface area (Å²) >= 11 is 0. The first-order valence-corrected chi connectivity index (χ1v) is 8.48. The SMILES string of the molecule is C/C=C\N=C(/C)c1cc(OC2=CN=C(N)NC2N)c(C(C)C)cc1OC. The fourth-order valence-corrected chi connectivity index (χ4v) is 2.52. The minimum atomic E-state index is -0.559. The Hall–Kier alpha value is -2.80. The van der Waals surface area contributed by atoms with Crippen molar-refractivity contribution in [1.29, 1.82) is 0 Å². The summed E-state index contributed by atoms with van der Waals surface area (Å²) in [5.74, 6) is 2.40. The number of guanidine groups is 1. The van der Waals surface area contributed by atoms with E-state index in [-0.39, 0.29) is 11.9 Å². The number of hydrogen-bond donors (Lipinski definition) is 3. The van der Waals surface area contributed by atoms with Gasteiger partial charge in [-0.1, -0.05) is 19.9 Å². The van der Waals surface area contributed by atoms with Gasteiger partial charge in [0.2, 0.25) is 0 Å². The van der Waals surface area contributed by atoms with Crippen LogP contribution >= 0.6 is 0 Å². The summed E-state index contributed by atoms with van der Waals surface area (Å²) in [6.45, 7) is 8.02. The van der Waals surface area contributed by atoms with E-state index in [4.69, 9.17) is 20.9 Å². The second-order valence-corrected chi connectivity index (χ2v) is 6.21. The van der Waals surface area contributed by atoms with Crippen molar-refractivity contribution in [2.24, 2.45) is 21.5 Å². The molecule has 0 aromatic heterocycles. The molecule has 0 saturated heterocycles. The monoisotopic (exact) mass is 357 g/mol. The third-order valence-electron chi connectivity index (χ3n) is 3.93. The highest BCUT2D eigenvalue weighted by molar-refractivity contribution is 6.02. The molecule has 0 aliphatic carbocycles. The summed E-state index contributed by atoms with van der Waals surface area (Å²) < 4.78 is 11.7. The van der Waals surface area contributed by atoms with Crippen LogP contribution < -0.4 is 26.3 Å². The summed E-state index contributed by atoms with van der Waals surface area (Å²) in [5.41, 5.74) is 14.3. The van der Waals surface area contributed by atoms with Gasteiger partial charge in [-0.05, 0) is 31.9 Å². The van der Waals surface area contributed by atoms with Crippen LogP contribution in [0.15, 0.2) is 46.4 Å². The highest BCUT2D eigenvalue weighted by atomic mass is 16.5. The summed E-state index contributed by atoms with van der Waals surface area (Å²) in [6, 6.07) is 3.90. The second kappa shape index (κ2) is 8.53. The number of allylic oxidation sites excluding steroid dienone is 1. The smallest absolute Gasteiger partial charge is 0.194 e. The van der Waals surface area contributed by atoms with E-state index in [9.17, 15) is 0 Å². The van der Waals surface area contributed by atoms with Gasteiger partial charge in [0.15, 0.2) is 11.7 Å². The van der Waals surface area contributed by atoms with Gasteiger partial charge < -0.3 is 26.3 Å². The Morgan fingerprint density at radius 1 is 1.35 bits per heavy atom. The third kappa shape index (κ3) is 4.43. The highest BCUT2D eigenvalue weighted by Crippen LogP contribution is 2.35. The van der Waals surface area contributed by atoms with Crippen molar-refractivity contribution >= 4 is 11.7 Å². The Morgan fingerprint density at radius 3 is 2.65 bits per heavy atom. The molecule has 2 rings (SSSR count). The molecular formula is C19H27N5O2. The number of benzene rings is 1. The van der Waals surface area contributed by atoms with Gasteiger partial charge in [-0.3, -0.25) is 4.99 Å². The van der Waals surface area contributed by atoms with Crippen molar-refractivity contribution in [2.45, 2.75) is 39.8 Å². The molecule has 0 saturated carbocycles. The molecule has 5 N–H and O–H groups in total. The van der Waals surface area contributed by atoms with Gasteiger partial charge in [-0.15, -0.1) is 0 Å². The zero-order valence-corrected chi connectivity index (χ0v) is 15.9. The van der Waals surface area contributed by atoms with Crippen molar-refractivity contribution in [3.8, 4) is 11.5 Å². The molecule has 140 valence electrons. The van der Waals surface area contributed by atoms with Gasteiger partial charge in [0.25, 0.3) is 0 Å². The number of nitrogens with two attached hydrogens (primary N) is 2. The average Bonchev–Trinajstić information content (AvgIpc) is 2.61. The van der Waals surface area contributed by atoms with Crippen molar-refractivity contribution < 1.29 is 9.47 Å². The number of hydrogen-bond acceptors (Lipinski definition) is 7. The van der Waals surface area contributed by atoms with Gasteiger partial charge in [0, 0.05) is 23.0 Å². The van der Waals surface area contributed by atoms with Crippen LogP contribution in [0.5, 0.6) is 11.5 Å². The Labute approximate surface area is 154 Å². The predicted molar refractivity (Wildman–Crippen MR) is 106 cm³/mol. The van der Waals surface area contributed by atoms with E-state index in [0.29, 0.717) is 11.5 Å². The Balaban J connectivity index is 2.52. The van der Waals surface area contributed by atoms with Gasteiger partial charge in [0.1, 0.15) is 17.7 Å². The lowest BCUT2D eigenvalue weighted by Crippen LogP contribution is -2.49. The zero-order valence-electron chi connectivity index (χ0n) is 15.9. The van der Waals surface area contributed by atoms with E-state index >= 15 is 0 Å². The molecule has 0 amide bonds. The van der Waals surface area contributed by atoms with Crippen LogP contribution in [0.25, 0.3) is 0 Å². The lowest BCUT2D eigenvalue weighted by atomic mass is 9.98. The maximum atomic E-state index is 6.09. The van der Waals surface area contributed by atoms with Gasteiger partial charge in [-0.25, -0.2) is 4.99 Å². The van der Waals surface area contributed by atoms with E-state index in [2.05, 4.69) is 29.1 Å². The van der Waals surface area contributed by atoms with E-state index in [0.717, 1.165) is 22.6 Å². The molecule has 1 aromatic carbocycles. The first-order valence-electron chi connectivity index (χ1n) is 8.48. The van der Waals surface area contributed by atoms with E-state index < -0.39 is 6.17 Å². The molecule has 0 bridgehead atoms. The molecule has 1 heterocycles. The normalized spacial score (nSPS) is 17.8. The molecule has 1 atom stereocenters. The third-order valence-corrected chi connectivity index (χ3v) is 3.93. The standard InChI is InChI=1S/C19H27N5O2/c1-6-7-22-12(4)14-9-16(13(11(2)3)8-15(14)25-5)26-17-10-23-19(21)24-18(17)20/h6-11,18H,20H2,1-5H3,(H3,21,23,24)/b7-6-,22-12+. The quantitative estimate of drug-likeness (QED) is 0.678. The van der Waals surface area contributed by atoms with Crippen molar-refractivity contribution in [2.75, 3.05) is 7.11 Å². The lowest BCUT2D eigenvalue weighted by Gasteiger charge is -2.24. The number of rotatable bonds is 6. The van der Waals surface area contributed by atoms with E-state index in [1.54, 1.807) is 13.3 Å². The Morgan fingerprint density at radius 2 is 2.08 bits per heavy atom. The van der Waals surface area contributed by atoms with Crippen LogP contribution in [0, 0.1) is 0 Å². The molecular weight excluding hydrogens is 330 g/mol. The molecule has 0 radical (unpaired) electrons. The van der Waals surface area contributed by atoms with E-state index in [1.807, 2.05) is 32.1 Å². The number of nitrogens with zero attached hydrogens (tertiary/aromatic N) is 2. The van der Waals surface area contributed by atoms with Crippen LogP contribution in [0.2, 0.25) is 0 Å². The van der Waals surface area contributed by atoms with Crippen LogP contribution in [0.3, 0.4) is 0 Å². The Bertz CT molecular complexity index is 778. The van der Waals surface area contributed by atoms with Gasteiger partial charge in [0.05, 0.1) is 13.3 Å². The maximum absolute atomic E-state index is 6.09. The van der Waals surface area contributed by atoms with Gasteiger partial charge >= 0.3 is 0 Å². The molecule has 1 aromatic rings. The summed E-state index contributed by atoms with van der Waals surface area (Å²) in [7, 11) is 1.65. The Kier molecular flexibility index (Phi) is 6.41. The first-order chi connectivity index (χ1) is 12.4. The number of methoxy groups -OCH3 is 1. The lowest BCUT2D eigenvalue weighted by molar-refractivity contribution is 0.362. The predicted octanol–water partition coefficient (Wildman–Crippen LogP) is 2.58. The number of aliphatic imine (C=N–C) groups is 2. The van der Waals surface area contributed by atoms with Crippen molar-refractivity contribution in [3.05, 3.63) is 47.5 Å². The number of ether oxygens (including phenoxy) is 2. The van der Waals surface area contributed by atoms with Crippen LogP contribution in [0.1, 0.15) is 44.7 Å². The van der Waals surface area contributed by atoms with Crippen molar-refractivity contribution in [1.82, 2.24) is 5.32 Å². The second-order valence-electron chi connectivity index (χ2n) is 6.21. The summed E-state index contributed by atoms with van der Waals surface area (Å²) in [4.78, 5) is 8.44. The van der Waals surface area contributed by atoms with Crippen LogP contribution in [-0.2, 0) is 0 Å². The topological polar surface area (TPSA) is 107 Å². The molecule has 7 nitrogen and oxygen atoms in total. The fraction of sp³-hybridized carbons (Fsp3) is 0.368. The zero-order chi connectivity index (χ0) is 19.3. The largest absolute Gasteiger partial charge is 0.496 e. The van der Waals surface area contributed by atoms with Crippen molar-refractivity contribution in [3.63, 3.8) is 0 Å². The number of nitrogens with one attached hydrogen (secondary N) is 1. The van der Waals surface area contributed by atoms with Crippen LogP contribution in [0.4, 0.5) is 0 Å². The summed E-state index contributed by atoms with van der Waals surface area (Å²) in [5, 5.41) is 2.84. The highest BCUT2D eigenvalue weighted by Gasteiger charge is 2.21. The summed E-state index contributed by atoms with van der Waals surface area (Å²) in [6.07, 6.45) is 4.59. The molecule has 7 heteroatoms. The molecule has 1 aliphatic heterocycles. The molecule has 1 aliphatic rings. The average molecular weight is 357 g/mol.